The Morgan fingerprint density at radius 2 is 1.45 bits per heavy atom. The fraction of sp³-hybridized carbons (Fsp3) is 0.400. The van der Waals surface area contributed by atoms with E-state index in [2.05, 4.69) is 0 Å². The van der Waals surface area contributed by atoms with Crippen molar-refractivity contribution in [2.24, 2.45) is 0 Å². The molecule has 0 spiro atoms. The molecule has 0 radical (unpaired) electrons. The number of anilines is 1. The highest BCUT2D eigenvalue weighted by Crippen LogP contribution is 2.40. The van der Waals surface area contributed by atoms with Crippen molar-refractivity contribution in [3.05, 3.63) is 60.2 Å². The summed E-state index contributed by atoms with van der Waals surface area (Å²) in [7, 11) is -2.53. The van der Waals surface area contributed by atoms with Gasteiger partial charge in [-0.05, 0) is 42.9 Å². The zero-order valence-corrected chi connectivity index (χ0v) is 17.3. The number of likely N-dealkylation sites (N-methyl/N-ethyl adjacent to an activating group) is 1. The summed E-state index contributed by atoms with van der Waals surface area (Å²) in [4.78, 5) is 1.55. The second-order valence-corrected chi connectivity index (χ2v) is 8.62. The van der Waals surface area contributed by atoms with Crippen molar-refractivity contribution in [3.8, 4) is 0 Å². The van der Waals surface area contributed by atoms with Crippen molar-refractivity contribution in [1.82, 2.24) is 4.90 Å². The average molecular weight is 430 g/mol. The number of sulfonamides is 1. The summed E-state index contributed by atoms with van der Waals surface area (Å²) in [5, 5.41) is 10.5. The highest BCUT2D eigenvalue weighted by atomic mass is 32.2. The molecular weight excluding hydrogens is 405 g/mol. The Kier molecular flexibility index (Phi) is 6.97. The normalized spacial score (nSPS) is 14.6. The SMILES string of the molecule is CCN(CC)CC(O)(c1ccc(N(C)S(=O)(=O)c2ccccc2)cc1)C(F)(F)F. The maximum atomic E-state index is 13.7. The molecule has 0 aliphatic heterocycles. The zero-order valence-electron chi connectivity index (χ0n) is 16.5. The van der Waals surface area contributed by atoms with E-state index in [0.29, 0.717) is 13.1 Å². The zero-order chi connectivity index (χ0) is 21.9. The molecule has 160 valence electrons. The van der Waals surface area contributed by atoms with Crippen LogP contribution in [0, 0.1) is 0 Å². The molecule has 0 aliphatic rings. The minimum atomic E-state index is -4.89. The van der Waals surface area contributed by atoms with Crippen LogP contribution in [-0.4, -0.2) is 51.3 Å². The molecule has 0 amide bonds. The van der Waals surface area contributed by atoms with E-state index in [1.165, 1.54) is 36.2 Å². The molecule has 2 aromatic rings. The lowest BCUT2D eigenvalue weighted by molar-refractivity contribution is -0.271. The Morgan fingerprint density at radius 1 is 0.931 bits per heavy atom. The van der Waals surface area contributed by atoms with E-state index in [-0.39, 0.29) is 16.1 Å². The topological polar surface area (TPSA) is 60.9 Å². The number of nitrogens with zero attached hydrogens (tertiary/aromatic N) is 2. The van der Waals surface area contributed by atoms with Crippen LogP contribution in [0.2, 0.25) is 0 Å². The lowest BCUT2D eigenvalue weighted by Crippen LogP contribution is -2.51. The van der Waals surface area contributed by atoms with Gasteiger partial charge >= 0.3 is 6.18 Å². The number of rotatable bonds is 8. The van der Waals surface area contributed by atoms with Crippen LogP contribution in [0.15, 0.2) is 59.5 Å². The molecule has 2 aromatic carbocycles. The van der Waals surface area contributed by atoms with Gasteiger partial charge in [0.25, 0.3) is 10.0 Å². The average Bonchev–Trinajstić information content (AvgIpc) is 2.71. The number of benzene rings is 2. The Labute approximate surface area is 169 Å². The third-order valence-electron chi connectivity index (χ3n) is 4.93. The van der Waals surface area contributed by atoms with Gasteiger partial charge in [0.1, 0.15) is 0 Å². The first kappa shape index (κ1) is 23.2. The lowest BCUT2D eigenvalue weighted by atomic mass is 9.92. The van der Waals surface area contributed by atoms with Crippen molar-refractivity contribution < 1.29 is 26.7 Å². The monoisotopic (exact) mass is 430 g/mol. The first-order valence-electron chi connectivity index (χ1n) is 9.13. The van der Waals surface area contributed by atoms with Gasteiger partial charge in [0.05, 0.1) is 10.6 Å². The van der Waals surface area contributed by atoms with E-state index in [4.69, 9.17) is 0 Å². The highest BCUT2D eigenvalue weighted by molar-refractivity contribution is 7.92. The highest BCUT2D eigenvalue weighted by Gasteiger charge is 2.55. The third-order valence-corrected chi connectivity index (χ3v) is 6.73. The van der Waals surface area contributed by atoms with E-state index < -0.39 is 28.3 Å². The van der Waals surface area contributed by atoms with Crippen molar-refractivity contribution >= 4 is 15.7 Å². The van der Waals surface area contributed by atoms with Crippen molar-refractivity contribution in [2.75, 3.05) is 31.0 Å². The van der Waals surface area contributed by atoms with Gasteiger partial charge in [-0.2, -0.15) is 13.2 Å². The van der Waals surface area contributed by atoms with Gasteiger partial charge < -0.3 is 10.0 Å². The predicted molar refractivity (Wildman–Crippen MR) is 106 cm³/mol. The van der Waals surface area contributed by atoms with Crippen LogP contribution < -0.4 is 4.31 Å². The van der Waals surface area contributed by atoms with Crippen LogP contribution in [-0.2, 0) is 15.6 Å². The van der Waals surface area contributed by atoms with Gasteiger partial charge in [-0.1, -0.05) is 44.2 Å². The fourth-order valence-corrected chi connectivity index (χ4v) is 4.17. The molecule has 0 aromatic heterocycles. The Hall–Kier alpha value is -2.10. The van der Waals surface area contributed by atoms with Gasteiger partial charge in [-0.3, -0.25) is 4.31 Å². The summed E-state index contributed by atoms with van der Waals surface area (Å²) < 4.78 is 67.5. The standard InChI is InChI=1S/C20H25F3N2O3S/c1-4-25(5-2)15-19(26,20(21,22)23)16-11-13-17(14-12-16)24(3)29(27,28)18-9-7-6-8-10-18/h6-14,26H,4-5,15H2,1-3H3. The molecule has 29 heavy (non-hydrogen) atoms. The van der Waals surface area contributed by atoms with E-state index in [9.17, 15) is 26.7 Å². The maximum Gasteiger partial charge on any atom is 0.422 e. The molecule has 2 rings (SSSR count). The molecule has 0 bridgehead atoms. The number of hydrogen-bond acceptors (Lipinski definition) is 4. The molecule has 1 N–H and O–H groups in total. The Balaban J connectivity index is 2.38. The second kappa shape index (κ2) is 8.73. The molecule has 0 saturated carbocycles. The van der Waals surface area contributed by atoms with Gasteiger partial charge in [0, 0.05) is 13.6 Å². The molecule has 5 nitrogen and oxygen atoms in total. The molecule has 0 heterocycles. The summed E-state index contributed by atoms with van der Waals surface area (Å²) >= 11 is 0. The quantitative estimate of drug-likeness (QED) is 0.695. The van der Waals surface area contributed by atoms with Crippen molar-refractivity contribution in [1.29, 1.82) is 0 Å². The van der Waals surface area contributed by atoms with E-state index in [1.54, 1.807) is 32.0 Å². The van der Waals surface area contributed by atoms with Gasteiger partial charge in [-0.25, -0.2) is 8.42 Å². The van der Waals surface area contributed by atoms with Crippen molar-refractivity contribution in [3.63, 3.8) is 0 Å². The molecule has 0 aliphatic carbocycles. The number of halogens is 3. The molecule has 1 unspecified atom stereocenters. The summed E-state index contributed by atoms with van der Waals surface area (Å²) in [6, 6.07) is 12.5. The third kappa shape index (κ3) is 4.73. The Morgan fingerprint density at radius 3 is 1.90 bits per heavy atom. The number of aliphatic hydroxyl groups is 1. The van der Waals surface area contributed by atoms with E-state index in [0.717, 1.165) is 16.4 Å². The van der Waals surface area contributed by atoms with Gasteiger partial charge in [0.15, 0.2) is 5.60 Å². The van der Waals surface area contributed by atoms with Crippen LogP contribution in [0.3, 0.4) is 0 Å². The smallest absolute Gasteiger partial charge is 0.375 e. The second-order valence-electron chi connectivity index (χ2n) is 6.65. The minimum Gasteiger partial charge on any atom is -0.375 e. The summed E-state index contributed by atoms with van der Waals surface area (Å²) in [6.07, 6.45) is -4.89. The van der Waals surface area contributed by atoms with Crippen LogP contribution in [0.25, 0.3) is 0 Å². The van der Waals surface area contributed by atoms with Crippen LogP contribution >= 0.6 is 0 Å². The number of hydrogen-bond donors (Lipinski definition) is 1. The fourth-order valence-electron chi connectivity index (χ4n) is 2.95. The molecule has 9 heteroatoms. The van der Waals surface area contributed by atoms with Crippen molar-refractivity contribution in [2.45, 2.75) is 30.5 Å². The van der Waals surface area contributed by atoms with Crippen LogP contribution in [0.5, 0.6) is 0 Å². The lowest BCUT2D eigenvalue weighted by Gasteiger charge is -2.35. The molecule has 0 saturated heterocycles. The molecule has 1 atom stereocenters. The first-order valence-corrected chi connectivity index (χ1v) is 10.6. The summed E-state index contributed by atoms with van der Waals surface area (Å²) in [5.74, 6) is 0. The predicted octanol–water partition coefficient (Wildman–Crippen LogP) is 3.60. The van der Waals surface area contributed by atoms with E-state index >= 15 is 0 Å². The maximum absolute atomic E-state index is 13.7. The molecular formula is C20H25F3N2O3S. The Bertz CT molecular complexity index is 899. The largest absolute Gasteiger partial charge is 0.422 e. The minimum absolute atomic E-state index is 0.0694. The van der Waals surface area contributed by atoms with E-state index in [1.807, 2.05) is 0 Å². The van der Waals surface area contributed by atoms with Gasteiger partial charge in [0.2, 0.25) is 0 Å². The molecule has 0 fully saturated rings. The van der Waals surface area contributed by atoms with Gasteiger partial charge in [-0.15, -0.1) is 0 Å². The summed E-state index contributed by atoms with van der Waals surface area (Å²) in [6.45, 7) is 3.52. The summed E-state index contributed by atoms with van der Waals surface area (Å²) in [5.41, 5.74) is -3.22. The van der Waals surface area contributed by atoms with Crippen LogP contribution in [0.1, 0.15) is 19.4 Å². The van der Waals surface area contributed by atoms with Crippen LogP contribution in [0.4, 0.5) is 18.9 Å². The number of alkyl halides is 3. The first-order chi connectivity index (χ1) is 13.5.